The van der Waals surface area contributed by atoms with Crippen molar-refractivity contribution in [1.29, 1.82) is 0 Å². The molecule has 2 fully saturated rings. The van der Waals surface area contributed by atoms with Crippen molar-refractivity contribution in [3.05, 3.63) is 0 Å². The van der Waals surface area contributed by atoms with Gasteiger partial charge in [-0.1, -0.05) is 19.8 Å². The fraction of sp³-hybridized carbons (Fsp3) is 1.00. The Morgan fingerprint density at radius 1 is 1.10 bits per heavy atom. The molecule has 5 heteroatoms. The van der Waals surface area contributed by atoms with Crippen molar-refractivity contribution in [3.8, 4) is 0 Å². The Bertz CT molecular complexity index is 293. The van der Waals surface area contributed by atoms with Crippen LogP contribution in [0.25, 0.3) is 0 Å². The lowest BCUT2D eigenvalue weighted by molar-refractivity contribution is -0.184. The molecule has 4 unspecified atom stereocenters. The van der Waals surface area contributed by atoms with E-state index >= 15 is 0 Å². The molecule has 20 heavy (non-hydrogen) atoms. The van der Waals surface area contributed by atoms with E-state index in [9.17, 15) is 13.2 Å². The zero-order valence-electron chi connectivity index (χ0n) is 12.2. The van der Waals surface area contributed by atoms with Gasteiger partial charge in [0.2, 0.25) is 0 Å². The summed E-state index contributed by atoms with van der Waals surface area (Å²) in [7, 11) is 0. The first-order valence-electron chi connectivity index (χ1n) is 7.93. The third kappa shape index (κ3) is 4.62. The van der Waals surface area contributed by atoms with Gasteiger partial charge in [0, 0.05) is 18.7 Å². The molecule has 2 nitrogen and oxygen atoms in total. The summed E-state index contributed by atoms with van der Waals surface area (Å²) in [6.07, 6.45) is 2.38. The second-order valence-electron chi connectivity index (χ2n) is 6.27. The zero-order valence-corrected chi connectivity index (χ0v) is 12.2. The first kappa shape index (κ1) is 16.1. The van der Waals surface area contributed by atoms with Crippen molar-refractivity contribution in [1.82, 2.24) is 5.32 Å². The van der Waals surface area contributed by atoms with Gasteiger partial charge >= 0.3 is 6.18 Å². The van der Waals surface area contributed by atoms with Crippen molar-refractivity contribution < 1.29 is 17.9 Å². The number of alkyl halides is 3. The molecule has 0 amide bonds. The minimum absolute atomic E-state index is 0.0285. The van der Waals surface area contributed by atoms with Gasteiger partial charge in [0.05, 0.1) is 12.0 Å². The molecule has 1 aliphatic carbocycles. The molecule has 1 heterocycles. The molecule has 4 atom stereocenters. The van der Waals surface area contributed by atoms with E-state index in [4.69, 9.17) is 4.74 Å². The average Bonchev–Trinajstić information content (AvgIpc) is 2.39. The Labute approximate surface area is 119 Å². The zero-order chi connectivity index (χ0) is 14.6. The summed E-state index contributed by atoms with van der Waals surface area (Å²) < 4.78 is 44.1. The highest BCUT2D eigenvalue weighted by atomic mass is 19.4. The van der Waals surface area contributed by atoms with E-state index in [1.807, 2.05) is 0 Å². The van der Waals surface area contributed by atoms with Gasteiger partial charge in [-0.25, -0.2) is 0 Å². The highest BCUT2D eigenvalue weighted by Gasteiger charge is 2.42. The third-order valence-corrected chi connectivity index (χ3v) is 4.59. The summed E-state index contributed by atoms with van der Waals surface area (Å²) >= 11 is 0. The van der Waals surface area contributed by atoms with E-state index in [1.165, 1.54) is 0 Å². The lowest BCUT2D eigenvalue weighted by Crippen LogP contribution is -2.47. The van der Waals surface area contributed by atoms with Gasteiger partial charge in [-0.3, -0.25) is 0 Å². The highest BCUT2D eigenvalue weighted by molar-refractivity contribution is 4.86. The first-order valence-corrected chi connectivity index (χ1v) is 7.93. The molecule has 2 aliphatic rings. The molecule has 2 rings (SSSR count). The summed E-state index contributed by atoms with van der Waals surface area (Å²) in [6.45, 7) is 2.87. The van der Waals surface area contributed by atoms with Crippen LogP contribution in [-0.2, 0) is 4.74 Å². The van der Waals surface area contributed by atoms with Crippen molar-refractivity contribution in [3.63, 3.8) is 0 Å². The lowest BCUT2D eigenvalue weighted by atomic mass is 9.84. The molecule has 0 bridgehead atoms. The monoisotopic (exact) mass is 293 g/mol. The number of halogens is 3. The molecule has 1 saturated carbocycles. The number of hydrogen-bond donors (Lipinski definition) is 1. The van der Waals surface area contributed by atoms with Gasteiger partial charge in [0.15, 0.2) is 0 Å². The summed E-state index contributed by atoms with van der Waals surface area (Å²) in [4.78, 5) is 0. The molecule has 1 saturated heterocycles. The van der Waals surface area contributed by atoms with Crippen molar-refractivity contribution in [2.24, 2.45) is 5.92 Å². The SMILES string of the molecule is CCCC1CC(NC2CCCC(C(F)(F)F)C2)CCO1. The predicted octanol–water partition coefficient (Wildman–Crippen LogP) is 4.04. The Morgan fingerprint density at radius 2 is 1.85 bits per heavy atom. The van der Waals surface area contributed by atoms with Gasteiger partial charge in [-0.05, 0) is 38.5 Å². The maximum absolute atomic E-state index is 12.8. The van der Waals surface area contributed by atoms with Gasteiger partial charge in [-0.2, -0.15) is 13.2 Å². The van der Waals surface area contributed by atoms with E-state index in [0.717, 1.165) is 38.7 Å². The fourth-order valence-corrected chi connectivity index (χ4v) is 3.53. The molecule has 0 aromatic rings. The van der Waals surface area contributed by atoms with Crippen LogP contribution in [-0.4, -0.2) is 31.0 Å². The normalized spacial score (nSPS) is 36.0. The molecular weight excluding hydrogens is 267 g/mol. The number of rotatable bonds is 4. The minimum atomic E-state index is -4.03. The molecule has 1 aliphatic heterocycles. The van der Waals surface area contributed by atoms with Crippen molar-refractivity contribution >= 4 is 0 Å². The molecule has 0 radical (unpaired) electrons. The van der Waals surface area contributed by atoms with Gasteiger partial charge < -0.3 is 10.1 Å². The maximum Gasteiger partial charge on any atom is 0.391 e. The van der Waals surface area contributed by atoms with E-state index in [-0.39, 0.29) is 18.6 Å². The topological polar surface area (TPSA) is 21.3 Å². The summed E-state index contributed by atoms with van der Waals surface area (Å²) in [5.41, 5.74) is 0. The van der Waals surface area contributed by atoms with Crippen LogP contribution in [0, 0.1) is 5.92 Å². The van der Waals surface area contributed by atoms with Crippen LogP contribution in [0.2, 0.25) is 0 Å². The van der Waals surface area contributed by atoms with Crippen LogP contribution in [0.3, 0.4) is 0 Å². The van der Waals surface area contributed by atoms with Crippen LogP contribution in [0.5, 0.6) is 0 Å². The molecule has 1 N–H and O–H groups in total. The van der Waals surface area contributed by atoms with E-state index in [1.54, 1.807) is 0 Å². The summed E-state index contributed by atoms with van der Waals surface area (Å²) in [5.74, 6) is -1.11. The molecular formula is C15H26F3NO. The summed E-state index contributed by atoms with van der Waals surface area (Å²) in [6, 6.07) is 0.359. The standard InChI is InChI=1S/C15H26F3NO/c1-2-4-14-10-13(7-8-20-14)19-12-6-3-5-11(9-12)15(16,17)18/h11-14,19H,2-10H2,1H3. The Kier molecular flexibility index (Phi) is 5.73. The van der Waals surface area contributed by atoms with Crippen LogP contribution >= 0.6 is 0 Å². The average molecular weight is 293 g/mol. The second-order valence-corrected chi connectivity index (χ2v) is 6.27. The first-order chi connectivity index (χ1) is 9.49. The van der Waals surface area contributed by atoms with Gasteiger partial charge in [-0.15, -0.1) is 0 Å². The number of nitrogens with one attached hydrogen (secondary N) is 1. The fourth-order valence-electron chi connectivity index (χ4n) is 3.53. The largest absolute Gasteiger partial charge is 0.391 e. The number of ether oxygens (including phenoxy) is 1. The molecule has 0 spiro atoms. The highest BCUT2D eigenvalue weighted by Crippen LogP contribution is 2.37. The van der Waals surface area contributed by atoms with Crippen LogP contribution in [0.15, 0.2) is 0 Å². The van der Waals surface area contributed by atoms with E-state index in [0.29, 0.717) is 18.9 Å². The van der Waals surface area contributed by atoms with Crippen LogP contribution in [0.4, 0.5) is 13.2 Å². The second kappa shape index (κ2) is 7.12. The molecule has 0 aromatic carbocycles. The smallest absolute Gasteiger partial charge is 0.378 e. The molecule has 0 aromatic heterocycles. The lowest BCUT2D eigenvalue weighted by Gasteiger charge is -2.36. The Morgan fingerprint density at radius 3 is 2.55 bits per heavy atom. The van der Waals surface area contributed by atoms with Gasteiger partial charge in [0.1, 0.15) is 0 Å². The van der Waals surface area contributed by atoms with E-state index < -0.39 is 12.1 Å². The Balaban J connectivity index is 1.80. The number of hydrogen-bond acceptors (Lipinski definition) is 2. The third-order valence-electron chi connectivity index (χ3n) is 4.59. The van der Waals surface area contributed by atoms with E-state index in [2.05, 4.69) is 12.2 Å². The molecule has 118 valence electrons. The van der Waals surface area contributed by atoms with Crippen LogP contribution < -0.4 is 5.32 Å². The Hall–Kier alpha value is -0.290. The summed E-state index contributed by atoms with van der Waals surface area (Å²) in [5, 5.41) is 3.47. The van der Waals surface area contributed by atoms with Crippen LogP contribution in [0.1, 0.15) is 58.3 Å². The minimum Gasteiger partial charge on any atom is -0.378 e. The van der Waals surface area contributed by atoms with Crippen molar-refractivity contribution in [2.45, 2.75) is 82.7 Å². The maximum atomic E-state index is 12.8. The predicted molar refractivity (Wildman–Crippen MR) is 72.6 cm³/mol. The van der Waals surface area contributed by atoms with Crippen molar-refractivity contribution in [2.75, 3.05) is 6.61 Å². The van der Waals surface area contributed by atoms with Gasteiger partial charge in [0.25, 0.3) is 0 Å². The quantitative estimate of drug-likeness (QED) is 0.844.